The van der Waals surface area contributed by atoms with Crippen molar-refractivity contribution in [2.45, 2.75) is 12.9 Å². The first-order valence-corrected chi connectivity index (χ1v) is 4.40. The van der Waals surface area contributed by atoms with Gasteiger partial charge in [-0.15, -0.1) is 0 Å². The third kappa shape index (κ3) is 2.10. The standard InChI is InChI=1S/C11H15BrN2/c1-9-8-13-6-7-14(9)11-4-2-10(12)3-5-11/h2-5,9,13H,6-8H2,1H3/i1D3,2D,3D,4D,5D,6D2,7D2,8D2,9D. The number of nitrogens with zero attached hydrogens (tertiary/aromatic N) is 1. The highest BCUT2D eigenvalue weighted by Crippen LogP contribution is 2.20. The Balaban J connectivity index is 3.07. The summed E-state index contributed by atoms with van der Waals surface area (Å²) in [5.41, 5.74) is -1.04. The molecule has 1 fully saturated rings. The van der Waals surface area contributed by atoms with Crippen LogP contribution in [0.3, 0.4) is 0 Å². The normalized spacial score (nSPS) is 53.9. The van der Waals surface area contributed by atoms with E-state index in [1.165, 1.54) is 0 Å². The first-order chi connectivity index (χ1) is 12.3. The molecule has 0 spiro atoms. The van der Waals surface area contributed by atoms with E-state index in [1.54, 1.807) is 5.32 Å². The third-order valence-electron chi connectivity index (χ3n) is 1.44. The van der Waals surface area contributed by atoms with Gasteiger partial charge in [-0.2, -0.15) is 0 Å². The maximum Gasteiger partial charge on any atom is 0.0645 e. The molecule has 0 amide bonds. The molecular weight excluding hydrogens is 240 g/mol. The predicted octanol–water partition coefficient (Wildman–Crippen LogP) is 2.25. The van der Waals surface area contributed by atoms with Crippen LogP contribution in [0, 0.1) is 0 Å². The topological polar surface area (TPSA) is 15.3 Å². The first-order valence-electron chi connectivity index (χ1n) is 10.6. The van der Waals surface area contributed by atoms with Crippen LogP contribution in [0.2, 0.25) is 0 Å². The van der Waals surface area contributed by atoms with Crippen LogP contribution < -0.4 is 10.2 Å². The minimum atomic E-state index is -3.59. The van der Waals surface area contributed by atoms with E-state index < -0.39 is 62.2 Å². The van der Waals surface area contributed by atoms with E-state index in [2.05, 4.69) is 15.9 Å². The highest BCUT2D eigenvalue weighted by Gasteiger charge is 2.17. The Kier molecular flexibility index (Phi) is 0.796. The Hall–Kier alpha value is -0.540. The maximum absolute atomic E-state index is 8.41. The quantitative estimate of drug-likeness (QED) is 0.841. The lowest BCUT2D eigenvalue weighted by atomic mass is 10.2. The molecule has 1 N–H and O–H groups in total. The summed E-state index contributed by atoms with van der Waals surface area (Å²) in [6, 6.07) is -6.90. The number of hydrogen-bond donors (Lipinski definition) is 1. The van der Waals surface area contributed by atoms with Gasteiger partial charge in [-0.3, -0.25) is 0 Å². The average molecular weight is 269 g/mol. The molecule has 1 heterocycles. The summed E-state index contributed by atoms with van der Waals surface area (Å²) in [7, 11) is 0. The Labute approximate surface area is 113 Å². The molecule has 1 aliphatic rings. The Bertz CT molecular complexity index is 791. The average Bonchev–Trinajstić information content (AvgIpc) is 2.50. The van der Waals surface area contributed by atoms with Gasteiger partial charge < -0.3 is 10.2 Å². The second-order valence-electron chi connectivity index (χ2n) is 2.33. The summed E-state index contributed by atoms with van der Waals surface area (Å²) in [6.45, 7) is -13.7. The first kappa shape index (κ1) is 2.58. The van der Waals surface area contributed by atoms with Crippen LogP contribution in [0.5, 0.6) is 0 Å². The number of halogens is 1. The summed E-state index contributed by atoms with van der Waals surface area (Å²) in [5, 5.41) is 1.58. The molecule has 2 rings (SSSR count). The van der Waals surface area contributed by atoms with Gasteiger partial charge in [0, 0.05) is 45.3 Å². The molecule has 0 bridgehead atoms. The number of piperazine rings is 1. The lowest BCUT2D eigenvalue weighted by molar-refractivity contribution is 0.501. The number of hydrogen-bond acceptors (Lipinski definition) is 2. The third-order valence-corrected chi connectivity index (χ3v) is 1.84. The second-order valence-corrected chi connectivity index (χ2v) is 3.13. The molecule has 0 saturated carbocycles. The minimum absolute atomic E-state index is 0.142. The van der Waals surface area contributed by atoms with E-state index in [1.807, 2.05) is 0 Å². The van der Waals surface area contributed by atoms with Crippen molar-refractivity contribution in [2.24, 2.45) is 0 Å². The van der Waals surface area contributed by atoms with Crippen LogP contribution in [0.4, 0.5) is 5.69 Å². The molecule has 3 heteroatoms. The van der Waals surface area contributed by atoms with E-state index in [-0.39, 0.29) is 9.37 Å². The molecule has 1 unspecified atom stereocenters. The predicted molar refractivity (Wildman–Crippen MR) is 63.8 cm³/mol. The summed E-state index contributed by atoms with van der Waals surface area (Å²) >= 11 is 2.83. The monoisotopic (exact) mass is 268 g/mol. The van der Waals surface area contributed by atoms with Gasteiger partial charge >= 0.3 is 0 Å². The molecule has 76 valence electrons. The molecule has 1 aromatic carbocycles. The van der Waals surface area contributed by atoms with Crippen LogP contribution in [0.1, 0.15) is 26.0 Å². The van der Waals surface area contributed by atoms with Gasteiger partial charge in [-0.25, -0.2) is 0 Å². The van der Waals surface area contributed by atoms with Gasteiger partial charge in [0.05, 0.1) is 9.60 Å². The van der Waals surface area contributed by atoms with Crippen LogP contribution in [-0.2, 0) is 0 Å². The number of nitrogens with one attached hydrogen (secondary N) is 1. The summed E-state index contributed by atoms with van der Waals surface area (Å²) in [5.74, 6) is 0. The van der Waals surface area contributed by atoms with Gasteiger partial charge in [0.1, 0.15) is 0 Å². The smallest absolute Gasteiger partial charge is 0.0645 e. The fourth-order valence-corrected chi connectivity index (χ4v) is 1.05. The van der Waals surface area contributed by atoms with E-state index in [4.69, 9.17) is 19.2 Å². The van der Waals surface area contributed by atoms with Crippen molar-refractivity contribution in [3.63, 3.8) is 0 Å². The molecule has 1 aromatic rings. The zero-order valence-corrected chi connectivity index (χ0v) is 8.41. The van der Waals surface area contributed by atoms with Crippen molar-refractivity contribution in [2.75, 3.05) is 24.4 Å². The molecule has 1 atom stereocenters. The van der Waals surface area contributed by atoms with E-state index >= 15 is 0 Å². The van der Waals surface area contributed by atoms with Crippen LogP contribution in [0.25, 0.3) is 0 Å². The molecule has 0 aliphatic carbocycles. The van der Waals surface area contributed by atoms with Crippen molar-refractivity contribution >= 4 is 21.6 Å². The van der Waals surface area contributed by atoms with Crippen LogP contribution >= 0.6 is 15.9 Å². The largest absolute Gasteiger partial charge is 0.366 e. The van der Waals surface area contributed by atoms with E-state index in [0.29, 0.717) is 0 Å². The molecule has 1 saturated heterocycles. The van der Waals surface area contributed by atoms with Gasteiger partial charge in [-0.1, -0.05) is 15.9 Å². The SMILES string of the molecule is [2H]c1c([2H])c(N2C([2H])([2H])C([2H])([2H])NC([2H])([2H])C2([2H])C([2H])([2H])[2H])c([2H])c([2H])c1Br. The van der Waals surface area contributed by atoms with Crippen molar-refractivity contribution in [1.82, 2.24) is 5.32 Å². The Morgan fingerprint density at radius 1 is 1.71 bits per heavy atom. The van der Waals surface area contributed by atoms with Crippen LogP contribution in [0.15, 0.2) is 28.6 Å². The molecule has 0 aromatic heterocycles. The lowest BCUT2D eigenvalue weighted by Gasteiger charge is -2.35. The fraction of sp³-hybridized carbons (Fsp3) is 0.455. The van der Waals surface area contributed by atoms with Gasteiger partial charge in [-0.05, 0) is 31.0 Å². The van der Waals surface area contributed by atoms with Gasteiger partial charge in [0.15, 0.2) is 0 Å². The highest BCUT2D eigenvalue weighted by atomic mass is 79.9. The fourth-order valence-electron chi connectivity index (χ4n) is 0.856. The molecule has 2 nitrogen and oxygen atoms in total. The summed E-state index contributed by atoms with van der Waals surface area (Å²) < 4.78 is 111. The van der Waals surface area contributed by atoms with Gasteiger partial charge in [0.2, 0.25) is 0 Å². The van der Waals surface area contributed by atoms with E-state index in [0.717, 1.165) is 0 Å². The molecule has 1 aliphatic heterocycles. The minimum Gasteiger partial charge on any atom is -0.366 e. The van der Waals surface area contributed by atoms with Crippen molar-refractivity contribution in [3.8, 4) is 0 Å². The number of rotatable bonds is 1. The molecular formula is C11H15BrN2. The van der Waals surface area contributed by atoms with Crippen molar-refractivity contribution < 1.29 is 19.2 Å². The van der Waals surface area contributed by atoms with Gasteiger partial charge in [0.25, 0.3) is 0 Å². The van der Waals surface area contributed by atoms with Crippen molar-refractivity contribution in [3.05, 3.63) is 28.6 Å². The number of benzene rings is 1. The Morgan fingerprint density at radius 2 is 2.50 bits per heavy atom. The zero-order valence-electron chi connectivity index (χ0n) is 20.8. The zero-order chi connectivity index (χ0) is 22.2. The van der Waals surface area contributed by atoms with E-state index in [9.17, 15) is 0 Å². The van der Waals surface area contributed by atoms with Crippen molar-refractivity contribution in [1.29, 1.82) is 0 Å². The molecule has 14 heavy (non-hydrogen) atoms. The highest BCUT2D eigenvalue weighted by molar-refractivity contribution is 9.10. The Morgan fingerprint density at radius 3 is 3.21 bits per heavy atom. The summed E-state index contributed by atoms with van der Waals surface area (Å²) in [4.78, 5) is -0.142. The second kappa shape index (κ2) is 4.32. The maximum atomic E-state index is 8.41. The molecule has 0 radical (unpaired) electrons. The number of anilines is 1. The van der Waals surface area contributed by atoms with Crippen LogP contribution in [-0.4, -0.2) is 25.5 Å². The summed E-state index contributed by atoms with van der Waals surface area (Å²) in [6.07, 6.45) is 0. The lowest BCUT2D eigenvalue weighted by Crippen LogP contribution is -2.49.